The monoisotopic (exact) mass is 298 g/mol. The lowest BCUT2D eigenvalue weighted by Crippen LogP contribution is -2.50. The van der Waals surface area contributed by atoms with Gasteiger partial charge in [0.15, 0.2) is 0 Å². The van der Waals surface area contributed by atoms with E-state index in [2.05, 4.69) is 12.2 Å². The second kappa shape index (κ2) is 8.90. The summed E-state index contributed by atoms with van der Waals surface area (Å²) in [6.07, 6.45) is 7.61. The van der Waals surface area contributed by atoms with Gasteiger partial charge < -0.3 is 15.3 Å². The lowest BCUT2D eigenvalue weighted by molar-refractivity contribution is -0.138. The summed E-state index contributed by atoms with van der Waals surface area (Å²) in [4.78, 5) is 24.7. The molecule has 0 saturated heterocycles. The first-order valence-corrected chi connectivity index (χ1v) is 8.26. The second-order valence-corrected chi connectivity index (χ2v) is 6.23. The number of carbonyl (C=O) groups excluding carboxylic acids is 1. The number of amides is 2. The second-order valence-electron chi connectivity index (χ2n) is 6.23. The van der Waals surface area contributed by atoms with Crippen LogP contribution in [0.5, 0.6) is 0 Å². The Kier molecular flexibility index (Phi) is 7.54. The first-order valence-electron chi connectivity index (χ1n) is 8.26. The highest BCUT2D eigenvalue weighted by molar-refractivity contribution is 5.80. The maximum Gasteiger partial charge on any atom is 0.323 e. The number of carbonyl (C=O) groups is 2. The van der Waals surface area contributed by atoms with Gasteiger partial charge in [0, 0.05) is 12.1 Å². The number of nitrogens with one attached hydrogen (secondary N) is 1. The molecular weight excluding hydrogens is 268 g/mol. The van der Waals surface area contributed by atoms with E-state index in [4.69, 9.17) is 5.11 Å². The molecule has 2 amide bonds. The Morgan fingerprint density at radius 2 is 1.86 bits per heavy atom. The smallest absolute Gasteiger partial charge is 0.323 e. The van der Waals surface area contributed by atoms with Crippen LogP contribution in [-0.2, 0) is 4.79 Å². The summed E-state index contributed by atoms with van der Waals surface area (Å²) < 4.78 is 0. The van der Waals surface area contributed by atoms with Crippen molar-refractivity contribution in [1.29, 1.82) is 0 Å². The molecule has 0 radical (unpaired) electrons. The molecule has 122 valence electrons. The number of rotatable bonds is 7. The number of urea groups is 1. The van der Waals surface area contributed by atoms with Gasteiger partial charge in [0.25, 0.3) is 0 Å². The molecular formula is C16H30N2O3. The summed E-state index contributed by atoms with van der Waals surface area (Å²) in [6.45, 7) is 5.83. The molecule has 0 aromatic carbocycles. The van der Waals surface area contributed by atoms with Crippen LogP contribution in [0.15, 0.2) is 0 Å². The topological polar surface area (TPSA) is 69.6 Å². The van der Waals surface area contributed by atoms with Crippen LogP contribution in [0.2, 0.25) is 0 Å². The van der Waals surface area contributed by atoms with Gasteiger partial charge in [0.1, 0.15) is 6.54 Å². The molecule has 5 heteroatoms. The van der Waals surface area contributed by atoms with Crippen LogP contribution in [0.25, 0.3) is 0 Å². The van der Waals surface area contributed by atoms with Crippen molar-refractivity contribution >= 4 is 12.0 Å². The zero-order chi connectivity index (χ0) is 15.8. The molecule has 0 spiro atoms. The first-order chi connectivity index (χ1) is 9.97. The van der Waals surface area contributed by atoms with E-state index in [1.807, 2.05) is 13.8 Å². The Labute approximate surface area is 128 Å². The Bertz CT molecular complexity index is 338. The summed E-state index contributed by atoms with van der Waals surface area (Å²) in [7, 11) is 0. The highest BCUT2D eigenvalue weighted by Gasteiger charge is 2.26. The van der Waals surface area contributed by atoms with Gasteiger partial charge in [-0.3, -0.25) is 4.79 Å². The molecule has 1 fully saturated rings. The zero-order valence-corrected chi connectivity index (χ0v) is 13.6. The summed E-state index contributed by atoms with van der Waals surface area (Å²) in [5, 5.41) is 12.0. The van der Waals surface area contributed by atoms with Crippen molar-refractivity contribution in [2.75, 3.05) is 6.54 Å². The minimum Gasteiger partial charge on any atom is -0.480 e. The minimum atomic E-state index is -0.961. The lowest BCUT2D eigenvalue weighted by Gasteiger charge is -2.33. The SMILES string of the molecule is CCCC1CCC(NC(=O)N(CC(=O)O)C(C)CC)CC1. The first kappa shape index (κ1) is 17.8. The Morgan fingerprint density at radius 1 is 1.24 bits per heavy atom. The number of carboxylic acid groups (broad SMARTS) is 1. The molecule has 21 heavy (non-hydrogen) atoms. The molecule has 1 rings (SSSR count). The van der Waals surface area contributed by atoms with E-state index in [0.717, 1.165) is 25.2 Å². The van der Waals surface area contributed by atoms with Crippen LogP contribution in [0.4, 0.5) is 4.79 Å². The quantitative estimate of drug-likeness (QED) is 0.758. The highest BCUT2D eigenvalue weighted by Crippen LogP contribution is 2.27. The predicted octanol–water partition coefficient (Wildman–Crippen LogP) is 3.24. The van der Waals surface area contributed by atoms with Gasteiger partial charge in [-0.25, -0.2) is 4.79 Å². The Balaban J connectivity index is 2.48. The standard InChI is InChI=1S/C16H30N2O3/c1-4-6-13-7-9-14(10-8-13)17-16(21)18(11-15(19)20)12(3)5-2/h12-14H,4-11H2,1-3H3,(H,17,21)(H,19,20). The maximum absolute atomic E-state index is 12.3. The van der Waals surface area contributed by atoms with Gasteiger partial charge in [-0.05, 0) is 44.9 Å². The van der Waals surface area contributed by atoms with Crippen molar-refractivity contribution in [3.63, 3.8) is 0 Å². The van der Waals surface area contributed by atoms with Crippen molar-refractivity contribution in [3.8, 4) is 0 Å². The molecule has 2 N–H and O–H groups in total. The van der Waals surface area contributed by atoms with Crippen molar-refractivity contribution in [2.45, 2.75) is 77.8 Å². The van der Waals surface area contributed by atoms with E-state index in [1.54, 1.807) is 0 Å². The van der Waals surface area contributed by atoms with Gasteiger partial charge in [-0.2, -0.15) is 0 Å². The average molecular weight is 298 g/mol. The van der Waals surface area contributed by atoms with Gasteiger partial charge in [-0.15, -0.1) is 0 Å². The van der Waals surface area contributed by atoms with Crippen LogP contribution >= 0.6 is 0 Å². The lowest BCUT2D eigenvalue weighted by atomic mass is 9.83. The Morgan fingerprint density at radius 3 is 2.33 bits per heavy atom. The molecule has 1 saturated carbocycles. The zero-order valence-electron chi connectivity index (χ0n) is 13.6. The molecule has 5 nitrogen and oxygen atoms in total. The van der Waals surface area contributed by atoms with Crippen LogP contribution in [-0.4, -0.2) is 40.6 Å². The number of nitrogens with zero attached hydrogens (tertiary/aromatic N) is 1. The average Bonchev–Trinajstić information content (AvgIpc) is 2.46. The number of aliphatic carboxylic acids is 1. The van der Waals surface area contributed by atoms with E-state index >= 15 is 0 Å². The van der Waals surface area contributed by atoms with Crippen molar-refractivity contribution < 1.29 is 14.7 Å². The maximum atomic E-state index is 12.3. The third kappa shape index (κ3) is 5.94. The summed E-state index contributed by atoms with van der Waals surface area (Å²) in [6, 6.07) is -0.0887. The fraction of sp³-hybridized carbons (Fsp3) is 0.875. The number of carboxylic acids is 1. The Hall–Kier alpha value is -1.26. The van der Waals surface area contributed by atoms with E-state index in [1.165, 1.54) is 30.6 Å². The molecule has 0 bridgehead atoms. The van der Waals surface area contributed by atoms with Gasteiger partial charge in [0.05, 0.1) is 0 Å². The van der Waals surface area contributed by atoms with Crippen LogP contribution in [0.3, 0.4) is 0 Å². The predicted molar refractivity (Wildman–Crippen MR) is 83.3 cm³/mol. The molecule has 1 unspecified atom stereocenters. The van der Waals surface area contributed by atoms with Gasteiger partial charge in [-0.1, -0.05) is 26.7 Å². The molecule has 0 aliphatic heterocycles. The minimum absolute atomic E-state index is 0.0578. The van der Waals surface area contributed by atoms with Crippen molar-refractivity contribution in [3.05, 3.63) is 0 Å². The molecule has 0 heterocycles. The van der Waals surface area contributed by atoms with E-state index in [-0.39, 0.29) is 24.7 Å². The molecule has 1 aliphatic carbocycles. The molecule has 1 aliphatic rings. The summed E-state index contributed by atoms with van der Waals surface area (Å²) in [5.74, 6) is -0.162. The summed E-state index contributed by atoms with van der Waals surface area (Å²) in [5.41, 5.74) is 0. The fourth-order valence-corrected chi connectivity index (χ4v) is 3.06. The highest BCUT2D eigenvalue weighted by atomic mass is 16.4. The van der Waals surface area contributed by atoms with E-state index in [9.17, 15) is 9.59 Å². The number of hydrogen-bond donors (Lipinski definition) is 2. The van der Waals surface area contributed by atoms with Crippen molar-refractivity contribution in [1.82, 2.24) is 10.2 Å². The van der Waals surface area contributed by atoms with Crippen molar-refractivity contribution in [2.24, 2.45) is 5.92 Å². The molecule has 1 atom stereocenters. The summed E-state index contributed by atoms with van der Waals surface area (Å²) >= 11 is 0. The largest absolute Gasteiger partial charge is 0.480 e. The third-order valence-corrected chi connectivity index (χ3v) is 4.56. The van der Waals surface area contributed by atoms with Crippen LogP contribution in [0.1, 0.15) is 65.7 Å². The number of hydrogen-bond acceptors (Lipinski definition) is 2. The third-order valence-electron chi connectivity index (χ3n) is 4.56. The normalized spacial score (nSPS) is 23.4. The molecule has 0 aromatic heterocycles. The fourth-order valence-electron chi connectivity index (χ4n) is 3.06. The van der Waals surface area contributed by atoms with E-state index < -0.39 is 5.97 Å². The van der Waals surface area contributed by atoms with Gasteiger partial charge >= 0.3 is 12.0 Å². The van der Waals surface area contributed by atoms with Crippen LogP contribution < -0.4 is 5.32 Å². The van der Waals surface area contributed by atoms with Crippen LogP contribution in [0, 0.1) is 5.92 Å². The van der Waals surface area contributed by atoms with Gasteiger partial charge in [0.2, 0.25) is 0 Å². The van der Waals surface area contributed by atoms with E-state index in [0.29, 0.717) is 0 Å². The molecule has 0 aromatic rings.